The van der Waals surface area contributed by atoms with Crippen molar-refractivity contribution in [3.8, 4) is 11.3 Å². The standard InChI is InChI=1S/C17H24N4/c1-4-11-18-17-13-15(14-8-6-5-7-9-14)19-16(20-17)10-12-21(2)3/h5-9,13H,4,10-12H2,1-3H3,(H,18,19,20). The number of nitrogens with zero attached hydrogens (tertiary/aromatic N) is 3. The lowest BCUT2D eigenvalue weighted by Gasteiger charge is -2.12. The highest BCUT2D eigenvalue weighted by Crippen LogP contribution is 2.19. The topological polar surface area (TPSA) is 41.1 Å². The summed E-state index contributed by atoms with van der Waals surface area (Å²) < 4.78 is 0. The van der Waals surface area contributed by atoms with E-state index in [0.29, 0.717) is 0 Å². The molecule has 0 radical (unpaired) electrons. The first-order valence-electron chi connectivity index (χ1n) is 7.51. The first kappa shape index (κ1) is 15.4. The Morgan fingerprint density at radius 1 is 1.10 bits per heavy atom. The largest absolute Gasteiger partial charge is 0.370 e. The first-order chi connectivity index (χ1) is 10.2. The van der Waals surface area contributed by atoms with Gasteiger partial charge in [-0.15, -0.1) is 0 Å². The van der Waals surface area contributed by atoms with Gasteiger partial charge in [0, 0.05) is 31.1 Å². The summed E-state index contributed by atoms with van der Waals surface area (Å²) in [5, 5.41) is 3.37. The van der Waals surface area contributed by atoms with Crippen molar-refractivity contribution in [1.82, 2.24) is 14.9 Å². The predicted molar refractivity (Wildman–Crippen MR) is 88.5 cm³/mol. The summed E-state index contributed by atoms with van der Waals surface area (Å²) >= 11 is 0. The molecule has 4 nitrogen and oxygen atoms in total. The normalized spacial score (nSPS) is 10.9. The van der Waals surface area contributed by atoms with Gasteiger partial charge in [0.05, 0.1) is 5.69 Å². The number of anilines is 1. The highest BCUT2D eigenvalue weighted by Gasteiger charge is 2.07. The number of rotatable bonds is 7. The lowest BCUT2D eigenvalue weighted by Crippen LogP contribution is -2.17. The maximum atomic E-state index is 4.71. The van der Waals surface area contributed by atoms with Crippen LogP contribution in [0.1, 0.15) is 19.2 Å². The minimum Gasteiger partial charge on any atom is -0.370 e. The van der Waals surface area contributed by atoms with Crippen LogP contribution in [0.4, 0.5) is 5.82 Å². The number of likely N-dealkylation sites (N-methyl/N-ethyl adjacent to an activating group) is 1. The second kappa shape index (κ2) is 7.74. The van der Waals surface area contributed by atoms with Crippen molar-refractivity contribution in [2.24, 2.45) is 0 Å². The van der Waals surface area contributed by atoms with Gasteiger partial charge in [0.1, 0.15) is 11.6 Å². The minimum absolute atomic E-state index is 0.856. The summed E-state index contributed by atoms with van der Waals surface area (Å²) in [5.41, 5.74) is 2.11. The van der Waals surface area contributed by atoms with Crippen LogP contribution in [0.15, 0.2) is 36.4 Å². The molecular weight excluding hydrogens is 260 g/mol. The Bertz CT molecular complexity index is 552. The van der Waals surface area contributed by atoms with Crippen LogP contribution in [-0.4, -0.2) is 42.1 Å². The molecule has 0 bridgehead atoms. The van der Waals surface area contributed by atoms with E-state index in [1.54, 1.807) is 0 Å². The quantitative estimate of drug-likeness (QED) is 0.848. The van der Waals surface area contributed by atoms with E-state index < -0.39 is 0 Å². The molecule has 0 aliphatic rings. The molecule has 0 aliphatic heterocycles. The molecule has 0 atom stereocenters. The van der Waals surface area contributed by atoms with Gasteiger partial charge in [0.15, 0.2) is 0 Å². The molecule has 0 fully saturated rings. The molecule has 0 saturated heterocycles. The Labute approximate surface area is 127 Å². The Hall–Kier alpha value is -1.94. The lowest BCUT2D eigenvalue weighted by atomic mass is 10.1. The third-order valence-electron chi connectivity index (χ3n) is 3.18. The average molecular weight is 284 g/mol. The van der Waals surface area contributed by atoms with Crippen molar-refractivity contribution in [1.29, 1.82) is 0 Å². The van der Waals surface area contributed by atoms with Gasteiger partial charge in [0.25, 0.3) is 0 Å². The molecule has 1 N–H and O–H groups in total. The van der Waals surface area contributed by atoms with Gasteiger partial charge in [-0.25, -0.2) is 9.97 Å². The summed E-state index contributed by atoms with van der Waals surface area (Å²) in [5.74, 6) is 1.81. The van der Waals surface area contributed by atoms with Gasteiger partial charge >= 0.3 is 0 Å². The SMILES string of the molecule is CCCNc1cc(-c2ccccc2)nc(CCN(C)C)n1. The van der Waals surface area contributed by atoms with Crippen LogP contribution in [-0.2, 0) is 6.42 Å². The van der Waals surface area contributed by atoms with Gasteiger partial charge in [-0.05, 0) is 20.5 Å². The molecule has 1 aromatic heterocycles. The summed E-state index contributed by atoms with van der Waals surface area (Å²) in [6.07, 6.45) is 1.94. The molecule has 2 rings (SSSR count). The van der Waals surface area contributed by atoms with Crippen LogP contribution in [0.3, 0.4) is 0 Å². The molecule has 2 aromatic rings. The lowest BCUT2D eigenvalue weighted by molar-refractivity contribution is 0.409. The minimum atomic E-state index is 0.856. The van der Waals surface area contributed by atoms with E-state index in [1.165, 1.54) is 0 Å². The van der Waals surface area contributed by atoms with Crippen molar-refractivity contribution < 1.29 is 0 Å². The van der Waals surface area contributed by atoms with E-state index in [0.717, 1.165) is 48.8 Å². The van der Waals surface area contributed by atoms with Gasteiger partial charge < -0.3 is 10.2 Å². The summed E-state index contributed by atoms with van der Waals surface area (Å²) in [6.45, 7) is 4.03. The Kier molecular flexibility index (Phi) is 5.69. The fourth-order valence-electron chi connectivity index (χ4n) is 2.03. The van der Waals surface area contributed by atoms with Crippen LogP contribution < -0.4 is 5.32 Å². The zero-order valence-electron chi connectivity index (χ0n) is 13.1. The molecule has 0 aliphatic carbocycles. The molecule has 0 saturated carbocycles. The molecule has 0 spiro atoms. The van der Waals surface area contributed by atoms with Gasteiger partial charge in [-0.2, -0.15) is 0 Å². The Morgan fingerprint density at radius 3 is 2.52 bits per heavy atom. The van der Waals surface area contributed by atoms with Crippen LogP contribution in [0.5, 0.6) is 0 Å². The number of benzene rings is 1. The maximum Gasteiger partial charge on any atom is 0.132 e. The van der Waals surface area contributed by atoms with Crippen LogP contribution in [0.25, 0.3) is 11.3 Å². The van der Waals surface area contributed by atoms with Gasteiger partial charge in [-0.3, -0.25) is 0 Å². The van der Waals surface area contributed by atoms with E-state index in [1.807, 2.05) is 24.3 Å². The van der Waals surface area contributed by atoms with Gasteiger partial charge in [0.2, 0.25) is 0 Å². The van der Waals surface area contributed by atoms with Crippen LogP contribution >= 0.6 is 0 Å². The Balaban J connectivity index is 2.28. The third-order valence-corrected chi connectivity index (χ3v) is 3.18. The molecule has 4 heteroatoms. The molecule has 1 heterocycles. The van der Waals surface area contributed by atoms with Crippen molar-refractivity contribution in [3.63, 3.8) is 0 Å². The predicted octanol–water partition coefficient (Wildman–Crippen LogP) is 3.07. The molecule has 0 unspecified atom stereocenters. The van der Waals surface area contributed by atoms with Crippen molar-refractivity contribution in [3.05, 3.63) is 42.2 Å². The second-order valence-electron chi connectivity index (χ2n) is 5.40. The molecule has 0 amide bonds. The van der Waals surface area contributed by atoms with E-state index in [4.69, 9.17) is 4.98 Å². The smallest absolute Gasteiger partial charge is 0.132 e. The van der Waals surface area contributed by atoms with Crippen molar-refractivity contribution >= 4 is 5.82 Å². The fourth-order valence-corrected chi connectivity index (χ4v) is 2.03. The fraction of sp³-hybridized carbons (Fsp3) is 0.412. The highest BCUT2D eigenvalue weighted by atomic mass is 15.1. The van der Waals surface area contributed by atoms with Gasteiger partial charge in [-0.1, -0.05) is 37.3 Å². The van der Waals surface area contributed by atoms with Crippen molar-refractivity contribution in [2.45, 2.75) is 19.8 Å². The summed E-state index contributed by atoms with van der Waals surface area (Å²) in [4.78, 5) is 11.5. The molecule has 21 heavy (non-hydrogen) atoms. The van der Waals surface area contributed by atoms with E-state index in [-0.39, 0.29) is 0 Å². The number of hydrogen-bond donors (Lipinski definition) is 1. The zero-order chi connectivity index (χ0) is 15.1. The number of nitrogens with one attached hydrogen (secondary N) is 1. The highest BCUT2D eigenvalue weighted by molar-refractivity contribution is 5.62. The van der Waals surface area contributed by atoms with Crippen LogP contribution in [0, 0.1) is 0 Å². The molecule has 1 aromatic carbocycles. The third kappa shape index (κ3) is 4.83. The maximum absolute atomic E-state index is 4.71. The summed E-state index contributed by atoms with van der Waals surface area (Å²) in [6, 6.07) is 12.3. The van der Waals surface area contributed by atoms with E-state index in [2.05, 4.69) is 48.4 Å². The Morgan fingerprint density at radius 2 is 1.86 bits per heavy atom. The monoisotopic (exact) mass is 284 g/mol. The van der Waals surface area contributed by atoms with Crippen molar-refractivity contribution in [2.75, 3.05) is 32.5 Å². The zero-order valence-corrected chi connectivity index (χ0v) is 13.1. The average Bonchev–Trinajstić information content (AvgIpc) is 2.51. The van der Waals surface area contributed by atoms with Crippen LogP contribution in [0.2, 0.25) is 0 Å². The number of aromatic nitrogens is 2. The molecule has 112 valence electrons. The number of hydrogen-bond acceptors (Lipinski definition) is 4. The summed E-state index contributed by atoms with van der Waals surface area (Å²) in [7, 11) is 4.13. The van der Waals surface area contributed by atoms with E-state index in [9.17, 15) is 0 Å². The second-order valence-corrected chi connectivity index (χ2v) is 5.40. The van der Waals surface area contributed by atoms with E-state index >= 15 is 0 Å². The molecular formula is C17H24N4. The first-order valence-corrected chi connectivity index (χ1v) is 7.51.